The van der Waals surface area contributed by atoms with Crippen molar-refractivity contribution in [1.82, 2.24) is 0 Å². The lowest BCUT2D eigenvalue weighted by Gasteiger charge is -2.24. The summed E-state index contributed by atoms with van der Waals surface area (Å²) < 4.78 is 5.24. The van der Waals surface area contributed by atoms with Crippen LogP contribution in [0.15, 0.2) is 43.0 Å². The van der Waals surface area contributed by atoms with E-state index in [1.807, 2.05) is 0 Å². The van der Waals surface area contributed by atoms with E-state index in [0.717, 1.165) is 0 Å². The quantitative estimate of drug-likeness (QED) is 0.591. The first kappa shape index (κ1) is 14.4. The van der Waals surface area contributed by atoms with Gasteiger partial charge in [0.15, 0.2) is 0 Å². The number of ether oxygens (including phenoxy) is 1. The van der Waals surface area contributed by atoms with Crippen molar-refractivity contribution in [2.45, 2.75) is 19.1 Å². The second-order valence-corrected chi connectivity index (χ2v) is 4.08. The first-order valence-electron chi connectivity index (χ1n) is 5.77. The Kier molecular flexibility index (Phi) is 5.55. The molecule has 0 unspecified atom stereocenters. The van der Waals surface area contributed by atoms with Crippen LogP contribution in [-0.4, -0.2) is 35.0 Å². The van der Waals surface area contributed by atoms with Crippen molar-refractivity contribution in [2.75, 3.05) is 6.61 Å². The number of aliphatic hydroxyl groups is 2. The Bertz CT molecular complexity index is 388. The lowest BCUT2D eigenvalue weighted by molar-refractivity contribution is -0.0130. The highest BCUT2D eigenvalue weighted by Gasteiger charge is 2.25. The summed E-state index contributed by atoms with van der Waals surface area (Å²) in [7, 11) is 0. The van der Waals surface area contributed by atoms with Gasteiger partial charge in [-0.15, -0.1) is 0 Å². The molecule has 0 fully saturated rings. The maximum Gasteiger partial charge on any atom is 0.338 e. The number of carbonyl (C=O) groups is 1. The number of rotatable bonds is 6. The molecule has 0 radical (unpaired) electrons. The minimum Gasteiger partial charge on any atom is -0.454 e. The van der Waals surface area contributed by atoms with Gasteiger partial charge in [0.25, 0.3) is 0 Å². The van der Waals surface area contributed by atoms with E-state index in [9.17, 15) is 9.90 Å². The number of hydrogen-bond acceptors (Lipinski definition) is 4. The van der Waals surface area contributed by atoms with Gasteiger partial charge in [-0.3, -0.25) is 0 Å². The van der Waals surface area contributed by atoms with E-state index in [1.54, 1.807) is 37.3 Å². The minimum atomic E-state index is -0.948. The molecule has 0 saturated heterocycles. The van der Waals surface area contributed by atoms with E-state index >= 15 is 0 Å². The summed E-state index contributed by atoms with van der Waals surface area (Å²) in [6.45, 7) is 4.88. The van der Waals surface area contributed by atoms with Gasteiger partial charge in [-0.25, -0.2) is 4.79 Å². The first-order valence-corrected chi connectivity index (χ1v) is 5.77. The van der Waals surface area contributed by atoms with E-state index < -0.39 is 24.1 Å². The van der Waals surface area contributed by atoms with Gasteiger partial charge in [-0.05, 0) is 12.1 Å². The summed E-state index contributed by atoms with van der Waals surface area (Å²) in [5, 5.41) is 18.4. The molecule has 0 bridgehead atoms. The number of benzene rings is 1. The fourth-order valence-electron chi connectivity index (χ4n) is 1.52. The summed E-state index contributed by atoms with van der Waals surface area (Å²) in [5.74, 6) is -0.891. The number of carbonyl (C=O) groups excluding carboxylic acids is 1. The molecule has 2 N–H and O–H groups in total. The monoisotopic (exact) mass is 250 g/mol. The fraction of sp³-hybridized carbons (Fsp3) is 0.357. The molecule has 0 amide bonds. The molecule has 4 nitrogen and oxygen atoms in total. The zero-order chi connectivity index (χ0) is 13.5. The standard InChI is InChI=1S/C14H18O4/c1-3-13(10(2)12(16)9-15)18-14(17)11-7-5-4-6-8-11/h3-8,10,12-13,15-16H,1,9H2,2H3/t10-,12+,13+/m0/s1. The third kappa shape index (κ3) is 3.68. The Labute approximate surface area is 107 Å². The van der Waals surface area contributed by atoms with Crippen molar-refractivity contribution in [3.8, 4) is 0 Å². The van der Waals surface area contributed by atoms with Crippen LogP contribution in [0.4, 0.5) is 0 Å². The Morgan fingerprint density at radius 1 is 1.44 bits per heavy atom. The van der Waals surface area contributed by atoms with E-state index in [0.29, 0.717) is 5.56 Å². The van der Waals surface area contributed by atoms with Crippen molar-refractivity contribution in [1.29, 1.82) is 0 Å². The Hall–Kier alpha value is -1.65. The van der Waals surface area contributed by atoms with Crippen molar-refractivity contribution < 1.29 is 19.7 Å². The van der Waals surface area contributed by atoms with Crippen LogP contribution >= 0.6 is 0 Å². The minimum absolute atomic E-state index is 0.381. The molecule has 0 saturated carbocycles. The number of aliphatic hydroxyl groups excluding tert-OH is 2. The van der Waals surface area contributed by atoms with E-state index in [2.05, 4.69) is 6.58 Å². The third-order valence-corrected chi connectivity index (χ3v) is 2.80. The second kappa shape index (κ2) is 6.93. The molecule has 0 aliphatic heterocycles. The van der Waals surface area contributed by atoms with Gasteiger partial charge in [-0.1, -0.05) is 37.8 Å². The molecule has 98 valence electrons. The molecule has 3 atom stereocenters. The summed E-state index contributed by atoms with van der Waals surface area (Å²) >= 11 is 0. The molecule has 1 aromatic rings. The zero-order valence-electron chi connectivity index (χ0n) is 10.3. The fourth-order valence-corrected chi connectivity index (χ4v) is 1.52. The summed E-state index contributed by atoms with van der Waals surface area (Å²) in [6, 6.07) is 8.59. The van der Waals surface area contributed by atoms with Gasteiger partial charge >= 0.3 is 5.97 Å². The Morgan fingerprint density at radius 3 is 2.56 bits per heavy atom. The Balaban J connectivity index is 2.69. The third-order valence-electron chi connectivity index (χ3n) is 2.80. The largest absolute Gasteiger partial charge is 0.454 e. The van der Waals surface area contributed by atoms with Crippen LogP contribution in [0.3, 0.4) is 0 Å². The van der Waals surface area contributed by atoms with Gasteiger partial charge in [0, 0.05) is 5.92 Å². The van der Waals surface area contributed by atoms with Gasteiger partial charge in [0.05, 0.1) is 18.3 Å². The summed E-state index contributed by atoms with van der Waals surface area (Å²) in [6.07, 6.45) is -0.138. The van der Waals surface area contributed by atoms with Crippen LogP contribution in [0.25, 0.3) is 0 Å². The smallest absolute Gasteiger partial charge is 0.338 e. The predicted octanol–water partition coefficient (Wildman–Crippen LogP) is 1.39. The van der Waals surface area contributed by atoms with Crippen LogP contribution in [0, 0.1) is 5.92 Å². The predicted molar refractivity (Wildman–Crippen MR) is 68.1 cm³/mol. The lowest BCUT2D eigenvalue weighted by atomic mass is 9.98. The highest BCUT2D eigenvalue weighted by molar-refractivity contribution is 5.89. The number of hydrogen-bond donors (Lipinski definition) is 2. The molecule has 0 heterocycles. The normalized spacial score (nSPS) is 15.5. The molecule has 1 rings (SSSR count). The van der Waals surface area contributed by atoms with Crippen LogP contribution < -0.4 is 0 Å². The van der Waals surface area contributed by atoms with Crippen molar-refractivity contribution in [3.05, 3.63) is 48.6 Å². The summed E-state index contributed by atoms with van der Waals surface area (Å²) in [4.78, 5) is 11.8. The van der Waals surface area contributed by atoms with E-state index in [4.69, 9.17) is 9.84 Å². The molecule has 18 heavy (non-hydrogen) atoms. The van der Waals surface area contributed by atoms with E-state index in [1.165, 1.54) is 6.08 Å². The molecule has 0 aromatic heterocycles. The van der Waals surface area contributed by atoms with Gasteiger partial charge in [0.2, 0.25) is 0 Å². The molecule has 4 heteroatoms. The van der Waals surface area contributed by atoms with Gasteiger partial charge in [0.1, 0.15) is 6.10 Å². The average Bonchev–Trinajstić information content (AvgIpc) is 2.43. The van der Waals surface area contributed by atoms with Crippen LogP contribution in [0.1, 0.15) is 17.3 Å². The average molecular weight is 250 g/mol. The topological polar surface area (TPSA) is 66.8 Å². The SMILES string of the molecule is C=C[C@@H](OC(=O)c1ccccc1)[C@@H](C)[C@H](O)CO. The Morgan fingerprint density at radius 2 is 2.06 bits per heavy atom. The number of esters is 1. The highest BCUT2D eigenvalue weighted by Crippen LogP contribution is 2.15. The van der Waals surface area contributed by atoms with Crippen molar-refractivity contribution >= 4 is 5.97 Å². The maximum absolute atomic E-state index is 11.8. The summed E-state index contributed by atoms with van der Waals surface area (Å²) in [5.41, 5.74) is 0.440. The highest BCUT2D eigenvalue weighted by atomic mass is 16.5. The van der Waals surface area contributed by atoms with Crippen LogP contribution in [0.5, 0.6) is 0 Å². The molecule has 0 aliphatic rings. The van der Waals surface area contributed by atoms with E-state index in [-0.39, 0.29) is 6.61 Å². The first-order chi connectivity index (χ1) is 8.60. The van der Waals surface area contributed by atoms with Crippen LogP contribution in [0.2, 0.25) is 0 Å². The maximum atomic E-state index is 11.8. The van der Waals surface area contributed by atoms with Gasteiger partial charge < -0.3 is 14.9 Å². The van der Waals surface area contributed by atoms with Gasteiger partial charge in [-0.2, -0.15) is 0 Å². The van der Waals surface area contributed by atoms with Crippen molar-refractivity contribution in [2.24, 2.45) is 5.92 Å². The molecule has 0 spiro atoms. The zero-order valence-corrected chi connectivity index (χ0v) is 10.3. The second-order valence-electron chi connectivity index (χ2n) is 4.08. The molecule has 1 aromatic carbocycles. The molecular formula is C14H18O4. The van der Waals surface area contributed by atoms with Crippen molar-refractivity contribution in [3.63, 3.8) is 0 Å². The molecular weight excluding hydrogens is 232 g/mol. The van der Waals surface area contributed by atoms with Crippen LogP contribution in [-0.2, 0) is 4.74 Å². The molecule has 0 aliphatic carbocycles. The lowest BCUT2D eigenvalue weighted by Crippen LogP contribution is -2.34.